The van der Waals surface area contributed by atoms with E-state index in [1.165, 1.54) is 25.8 Å². The maximum absolute atomic E-state index is 9.65. The van der Waals surface area contributed by atoms with Gasteiger partial charge in [-0.25, -0.2) is 0 Å². The fourth-order valence-corrected chi connectivity index (χ4v) is 2.56. The van der Waals surface area contributed by atoms with Crippen molar-refractivity contribution in [2.75, 3.05) is 6.54 Å². The minimum atomic E-state index is -0.0492. The van der Waals surface area contributed by atoms with E-state index in [-0.39, 0.29) is 6.10 Å². The highest BCUT2D eigenvalue weighted by molar-refractivity contribution is 4.81. The molecule has 2 unspecified atom stereocenters. The van der Waals surface area contributed by atoms with E-state index in [0.29, 0.717) is 12.1 Å². The van der Waals surface area contributed by atoms with Gasteiger partial charge in [0.1, 0.15) is 0 Å². The van der Waals surface area contributed by atoms with Gasteiger partial charge in [0, 0.05) is 12.1 Å². The van der Waals surface area contributed by atoms with Crippen LogP contribution in [0.15, 0.2) is 0 Å². The van der Waals surface area contributed by atoms with Crippen LogP contribution < -0.4 is 0 Å². The van der Waals surface area contributed by atoms with Crippen LogP contribution in [-0.2, 0) is 0 Å². The van der Waals surface area contributed by atoms with Crippen molar-refractivity contribution in [2.24, 2.45) is 0 Å². The van der Waals surface area contributed by atoms with Crippen LogP contribution in [-0.4, -0.2) is 34.7 Å². The Morgan fingerprint density at radius 2 is 2.07 bits per heavy atom. The summed E-state index contributed by atoms with van der Waals surface area (Å²) in [5, 5.41) is 9.65. The van der Waals surface area contributed by atoms with Crippen LogP contribution in [0.4, 0.5) is 0 Å². The molecule has 1 N–H and O–H groups in total. The summed E-state index contributed by atoms with van der Waals surface area (Å²) in [6.07, 6.45) is 5.62. The molecule has 0 spiro atoms. The number of rotatable bonds is 4. The van der Waals surface area contributed by atoms with E-state index >= 15 is 0 Å². The lowest BCUT2D eigenvalue weighted by Crippen LogP contribution is -2.44. The van der Waals surface area contributed by atoms with E-state index in [4.69, 9.17) is 0 Å². The van der Waals surface area contributed by atoms with Crippen LogP contribution >= 0.6 is 0 Å². The molecular formula is C12H25NO. The van der Waals surface area contributed by atoms with Gasteiger partial charge in [-0.1, -0.05) is 6.92 Å². The molecule has 1 fully saturated rings. The summed E-state index contributed by atoms with van der Waals surface area (Å²) in [6.45, 7) is 7.93. The molecule has 2 atom stereocenters. The van der Waals surface area contributed by atoms with Gasteiger partial charge in [0.05, 0.1) is 6.10 Å². The molecule has 0 bridgehead atoms. The van der Waals surface area contributed by atoms with Gasteiger partial charge >= 0.3 is 0 Å². The van der Waals surface area contributed by atoms with E-state index in [2.05, 4.69) is 25.7 Å². The second-order valence-electron chi connectivity index (χ2n) is 4.81. The molecule has 0 radical (unpaired) electrons. The highest BCUT2D eigenvalue weighted by atomic mass is 16.3. The molecule has 1 rings (SSSR count). The maximum Gasteiger partial charge on any atom is 0.0555 e. The van der Waals surface area contributed by atoms with Gasteiger partial charge < -0.3 is 5.11 Å². The van der Waals surface area contributed by atoms with E-state index in [9.17, 15) is 5.11 Å². The molecule has 0 amide bonds. The van der Waals surface area contributed by atoms with Crippen molar-refractivity contribution in [1.29, 1.82) is 0 Å². The first-order chi connectivity index (χ1) is 6.65. The molecule has 1 aliphatic rings. The normalized spacial score (nSPS) is 28.7. The average Bonchev–Trinajstić information content (AvgIpc) is 2.13. The summed E-state index contributed by atoms with van der Waals surface area (Å²) in [6, 6.07) is 1.24. The lowest BCUT2D eigenvalue weighted by atomic mass is 9.91. The monoisotopic (exact) mass is 199 g/mol. The number of hydrogen-bond acceptors (Lipinski definition) is 2. The Balaban J connectivity index is 2.48. The van der Waals surface area contributed by atoms with Crippen LogP contribution in [0.1, 0.15) is 52.9 Å². The van der Waals surface area contributed by atoms with Crippen molar-refractivity contribution >= 4 is 0 Å². The maximum atomic E-state index is 9.65. The van der Waals surface area contributed by atoms with E-state index in [0.717, 1.165) is 12.8 Å². The van der Waals surface area contributed by atoms with Gasteiger partial charge in [0.15, 0.2) is 0 Å². The third-order valence-electron chi connectivity index (χ3n) is 3.23. The van der Waals surface area contributed by atoms with Gasteiger partial charge in [0.25, 0.3) is 0 Å². The SMILES string of the molecule is CCCN(C(C)C)C1CCCC(O)C1. The summed E-state index contributed by atoms with van der Waals surface area (Å²) in [7, 11) is 0. The van der Waals surface area contributed by atoms with Crippen molar-refractivity contribution in [1.82, 2.24) is 4.90 Å². The van der Waals surface area contributed by atoms with Gasteiger partial charge in [-0.3, -0.25) is 4.90 Å². The van der Waals surface area contributed by atoms with Crippen molar-refractivity contribution in [3.63, 3.8) is 0 Å². The molecule has 0 heterocycles. The Hall–Kier alpha value is -0.0800. The van der Waals surface area contributed by atoms with Crippen LogP contribution in [0.3, 0.4) is 0 Å². The fourth-order valence-electron chi connectivity index (χ4n) is 2.56. The number of aliphatic hydroxyl groups is 1. The smallest absolute Gasteiger partial charge is 0.0555 e. The molecule has 0 aromatic heterocycles. The molecule has 84 valence electrons. The standard InChI is InChI=1S/C12H25NO/c1-4-8-13(10(2)3)11-6-5-7-12(14)9-11/h10-12,14H,4-9H2,1-3H3. The van der Waals surface area contributed by atoms with Gasteiger partial charge in [0.2, 0.25) is 0 Å². The van der Waals surface area contributed by atoms with Crippen molar-refractivity contribution in [3.8, 4) is 0 Å². The quantitative estimate of drug-likeness (QED) is 0.751. The summed E-state index contributed by atoms with van der Waals surface area (Å²) >= 11 is 0. The third kappa shape index (κ3) is 3.25. The molecular weight excluding hydrogens is 174 g/mol. The lowest BCUT2D eigenvalue weighted by molar-refractivity contribution is 0.0474. The molecule has 0 aromatic rings. The second-order valence-corrected chi connectivity index (χ2v) is 4.81. The van der Waals surface area contributed by atoms with Crippen LogP contribution in [0.2, 0.25) is 0 Å². The molecule has 1 aliphatic carbocycles. The first-order valence-electron chi connectivity index (χ1n) is 6.09. The second kappa shape index (κ2) is 5.72. The summed E-state index contributed by atoms with van der Waals surface area (Å²) < 4.78 is 0. The van der Waals surface area contributed by atoms with Gasteiger partial charge in [-0.05, 0) is 52.5 Å². The van der Waals surface area contributed by atoms with E-state index in [1.54, 1.807) is 0 Å². The van der Waals surface area contributed by atoms with Gasteiger partial charge in [-0.15, -0.1) is 0 Å². The minimum Gasteiger partial charge on any atom is -0.393 e. The number of aliphatic hydroxyl groups excluding tert-OH is 1. The predicted octanol–water partition coefficient (Wildman–Crippen LogP) is 2.41. The van der Waals surface area contributed by atoms with Crippen molar-refractivity contribution in [2.45, 2.75) is 71.1 Å². The summed E-state index contributed by atoms with van der Waals surface area (Å²) in [5.41, 5.74) is 0. The predicted molar refractivity (Wildman–Crippen MR) is 60.4 cm³/mol. The molecule has 1 saturated carbocycles. The Labute approximate surface area is 88.3 Å². The Morgan fingerprint density at radius 1 is 1.36 bits per heavy atom. The molecule has 0 aliphatic heterocycles. The molecule has 0 saturated heterocycles. The van der Waals surface area contributed by atoms with Crippen LogP contribution in [0.25, 0.3) is 0 Å². The largest absolute Gasteiger partial charge is 0.393 e. The minimum absolute atomic E-state index is 0.0492. The topological polar surface area (TPSA) is 23.5 Å². The fraction of sp³-hybridized carbons (Fsp3) is 1.00. The lowest BCUT2D eigenvalue weighted by Gasteiger charge is -2.38. The van der Waals surface area contributed by atoms with Crippen molar-refractivity contribution < 1.29 is 5.11 Å². The van der Waals surface area contributed by atoms with E-state index in [1.807, 2.05) is 0 Å². The summed E-state index contributed by atoms with van der Waals surface area (Å²) in [5.74, 6) is 0. The zero-order valence-corrected chi connectivity index (χ0v) is 9.87. The molecule has 0 aromatic carbocycles. The highest BCUT2D eigenvalue weighted by Crippen LogP contribution is 2.24. The number of nitrogens with zero attached hydrogens (tertiary/aromatic N) is 1. The highest BCUT2D eigenvalue weighted by Gasteiger charge is 2.26. The van der Waals surface area contributed by atoms with Gasteiger partial charge in [-0.2, -0.15) is 0 Å². The zero-order chi connectivity index (χ0) is 10.6. The van der Waals surface area contributed by atoms with E-state index < -0.39 is 0 Å². The zero-order valence-electron chi connectivity index (χ0n) is 9.87. The van der Waals surface area contributed by atoms with Crippen LogP contribution in [0, 0.1) is 0 Å². The van der Waals surface area contributed by atoms with Crippen LogP contribution in [0.5, 0.6) is 0 Å². The molecule has 14 heavy (non-hydrogen) atoms. The molecule has 2 nitrogen and oxygen atoms in total. The Bertz CT molecular complexity index is 158. The van der Waals surface area contributed by atoms with Crippen molar-refractivity contribution in [3.05, 3.63) is 0 Å². The first kappa shape index (κ1) is 12.0. The Morgan fingerprint density at radius 3 is 2.57 bits per heavy atom. The average molecular weight is 199 g/mol. The summed E-state index contributed by atoms with van der Waals surface area (Å²) in [4.78, 5) is 2.56. The third-order valence-corrected chi connectivity index (χ3v) is 3.23. The number of hydrogen-bond donors (Lipinski definition) is 1. The Kier molecular flexibility index (Phi) is 4.90. The first-order valence-corrected chi connectivity index (χ1v) is 6.09. The molecule has 2 heteroatoms.